The molecule has 1 fully saturated rings. The number of carbonyl (C=O) groups excluding carboxylic acids is 2. The fourth-order valence-electron chi connectivity index (χ4n) is 5.07. The number of amides is 1. The molecule has 0 aliphatic carbocycles. The SMILES string of the molecule is CC(=O)c1c(C)nn(CC(=O)N2C[C@H]3C[C@@H](C2)[C@H](CO)n2c3cccc2=O)c1C. The number of nitrogens with zero attached hydrogens (tertiary/aromatic N) is 4. The number of piperidine rings is 1. The minimum absolute atomic E-state index is 0.0311. The number of likely N-dealkylation sites (tertiary alicyclic amines) is 1. The quantitative estimate of drug-likeness (QED) is 0.777. The highest BCUT2D eigenvalue weighted by Crippen LogP contribution is 2.40. The van der Waals surface area contributed by atoms with E-state index in [1.807, 2.05) is 11.0 Å². The van der Waals surface area contributed by atoms with Gasteiger partial charge in [-0.1, -0.05) is 6.07 Å². The minimum atomic E-state index is -0.316. The number of ketones is 1. The van der Waals surface area contributed by atoms with Gasteiger partial charge < -0.3 is 14.6 Å². The summed E-state index contributed by atoms with van der Waals surface area (Å²) in [7, 11) is 0. The van der Waals surface area contributed by atoms with E-state index in [1.165, 1.54) is 13.0 Å². The van der Waals surface area contributed by atoms with Gasteiger partial charge in [0, 0.05) is 42.4 Å². The zero-order valence-corrected chi connectivity index (χ0v) is 17.0. The second-order valence-corrected chi connectivity index (χ2v) is 8.16. The number of hydrogen-bond acceptors (Lipinski definition) is 5. The molecule has 2 aliphatic heterocycles. The predicted octanol–water partition coefficient (Wildman–Crippen LogP) is 1.04. The fraction of sp³-hybridized carbons (Fsp3) is 0.524. The maximum absolute atomic E-state index is 13.1. The Bertz CT molecular complexity index is 1040. The number of aromatic nitrogens is 3. The summed E-state index contributed by atoms with van der Waals surface area (Å²) in [5.41, 5.74) is 2.69. The van der Waals surface area contributed by atoms with E-state index in [0.29, 0.717) is 30.0 Å². The molecule has 2 aliphatic rings. The van der Waals surface area contributed by atoms with Gasteiger partial charge in [-0.05, 0) is 33.3 Å². The van der Waals surface area contributed by atoms with E-state index >= 15 is 0 Å². The zero-order valence-electron chi connectivity index (χ0n) is 17.0. The third-order valence-corrected chi connectivity index (χ3v) is 6.36. The van der Waals surface area contributed by atoms with Gasteiger partial charge in [0.05, 0.1) is 23.9 Å². The highest BCUT2D eigenvalue weighted by Gasteiger charge is 2.41. The van der Waals surface area contributed by atoms with Crippen LogP contribution in [0.5, 0.6) is 0 Å². The summed E-state index contributed by atoms with van der Waals surface area (Å²) in [6.45, 7) is 6.07. The first-order chi connectivity index (χ1) is 13.8. The maximum Gasteiger partial charge on any atom is 0.251 e. The standard InChI is InChI=1S/C21H26N4O4/c1-12-21(14(3)27)13(2)24(22-12)10-20(29)23-8-15-7-16(9-23)18(11-26)25-17(15)5-4-6-19(25)28/h4-6,15-16,18,26H,7-11H2,1-3H3/t15-,16+,18+/m1/s1. The number of carbonyl (C=O) groups is 2. The molecule has 1 amide bonds. The van der Waals surface area contributed by atoms with Gasteiger partial charge in [-0.3, -0.25) is 19.1 Å². The summed E-state index contributed by atoms with van der Waals surface area (Å²) in [4.78, 5) is 39.1. The van der Waals surface area contributed by atoms with Gasteiger partial charge in [-0.2, -0.15) is 5.10 Å². The van der Waals surface area contributed by atoms with Crippen LogP contribution >= 0.6 is 0 Å². The van der Waals surface area contributed by atoms with Crippen molar-refractivity contribution in [2.45, 2.75) is 45.7 Å². The molecule has 154 valence electrons. The van der Waals surface area contributed by atoms with E-state index in [-0.39, 0.29) is 48.3 Å². The lowest BCUT2D eigenvalue weighted by atomic mass is 9.78. The average molecular weight is 398 g/mol. The van der Waals surface area contributed by atoms with Crippen LogP contribution in [0.4, 0.5) is 0 Å². The van der Waals surface area contributed by atoms with Crippen molar-refractivity contribution in [1.82, 2.24) is 19.2 Å². The van der Waals surface area contributed by atoms with Crippen LogP contribution in [0.1, 0.15) is 52.7 Å². The van der Waals surface area contributed by atoms with Gasteiger partial charge in [-0.25, -0.2) is 0 Å². The van der Waals surface area contributed by atoms with Crippen molar-refractivity contribution in [3.8, 4) is 0 Å². The summed E-state index contributed by atoms with van der Waals surface area (Å²) < 4.78 is 3.31. The lowest BCUT2D eigenvalue weighted by molar-refractivity contribution is -0.135. The monoisotopic (exact) mass is 398 g/mol. The van der Waals surface area contributed by atoms with E-state index in [4.69, 9.17) is 0 Å². The lowest BCUT2D eigenvalue weighted by Crippen LogP contribution is -2.52. The first kappa shape index (κ1) is 19.6. The van der Waals surface area contributed by atoms with Crippen LogP contribution < -0.4 is 5.56 Å². The molecule has 0 saturated carbocycles. The Morgan fingerprint density at radius 3 is 2.66 bits per heavy atom. The van der Waals surface area contributed by atoms with Crippen molar-refractivity contribution in [3.05, 3.63) is 51.2 Å². The molecule has 0 spiro atoms. The van der Waals surface area contributed by atoms with Crippen LogP contribution in [0.2, 0.25) is 0 Å². The molecule has 3 atom stereocenters. The molecule has 2 aromatic heterocycles. The van der Waals surface area contributed by atoms with Gasteiger partial charge in [0.25, 0.3) is 5.56 Å². The summed E-state index contributed by atoms with van der Waals surface area (Å²) >= 11 is 0. The van der Waals surface area contributed by atoms with Crippen LogP contribution in [-0.4, -0.2) is 55.7 Å². The molecular weight excluding hydrogens is 372 g/mol. The van der Waals surface area contributed by atoms with E-state index in [1.54, 1.807) is 29.2 Å². The summed E-state index contributed by atoms with van der Waals surface area (Å²) in [6, 6.07) is 4.86. The molecule has 1 saturated heterocycles. The number of aliphatic hydroxyl groups excluding tert-OH is 1. The van der Waals surface area contributed by atoms with Crippen LogP contribution in [-0.2, 0) is 11.3 Å². The number of aryl methyl sites for hydroxylation is 1. The molecular formula is C21H26N4O4. The molecule has 2 bridgehead atoms. The highest BCUT2D eigenvalue weighted by molar-refractivity contribution is 5.96. The van der Waals surface area contributed by atoms with Crippen molar-refractivity contribution >= 4 is 11.7 Å². The van der Waals surface area contributed by atoms with Crippen molar-refractivity contribution in [2.75, 3.05) is 19.7 Å². The molecule has 4 heterocycles. The number of fused-ring (bicyclic) bond motifs is 4. The largest absolute Gasteiger partial charge is 0.394 e. The van der Waals surface area contributed by atoms with Crippen LogP contribution in [0.25, 0.3) is 0 Å². The first-order valence-electron chi connectivity index (χ1n) is 9.96. The second-order valence-electron chi connectivity index (χ2n) is 8.16. The summed E-state index contributed by atoms with van der Waals surface area (Å²) in [6.07, 6.45) is 0.854. The van der Waals surface area contributed by atoms with E-state index < -0.39 is 0 Å². The second kappa shape index (κ2) is 7.26. The van der Waals surface area contributed by atoms with Crippen LogP contribution in [0.15, 0.2) is 23.0 Å². The molecule has 0 unspecified atom stereocenters. The Morgan fingerprint density at radius 2 is 2.00 bits per heavy atom. The van der Waals surface area contributed by atoms with Crippen molar-refractivity contribution in [3.63, 3.8) is 0 Å². The fourth-order valence-corrected chi connectivity index (χ4v) is 5.07. The number of hydrogen-bond donors (Lipinski definition) is 1. The van der Waals surface area contributed by atoms with Gasteiger partial charge in [0.2, 0.25) is 5.91 Å². The molecule has 8 heteroatoms. The molecule has 8 nitrogen and oxygen atoms in total. The zero-order chi connectivity index (χ0) is 20.9. The van der Waals surface area contributed by atoms with Gasteiger partial charge in [0.15, 0.2) is 5.78 Å². The topological polar surface area (TPSA) is 97.4 Å². The van der Waals surface area contributed by atoms with Crippen molar-refractivity contribution in [2.24, 2.45) is 5.92 Å². The Kier molecular flexibility index (Phi) is 4.90. The molecule has 1 N–H and O–H groups in total. The average Bonchev–Trinajstić information content (AvgIpc) is 2.96. The Balaban J connectivity index is 1.59. The van der Waals surface area contributed by atoms with Gasteiger partial charge in [0.1, 0.15) is 6.54 Å². The molecule has 0 radical (unpaired) electrons. The molecule has 0 aromatic carbocycles. The Morgan fingerprint density at radius 1 is 1.24 bits per heavy atom. The maximum atomic E-state index is 13.1. The highest BCUT2D eigenvalue weighted by atomic mass is 16.3. The Hall–Kier alpha value is -2.74. The van der Waals surface area contributed by atoms with Crippen molar-refractivity contribution in [1.29, 1.82) is 0 Å². The first-order valence-corrected chi connectivity index (χ1v) is 9.96. The summed E-state index contributed by atoms with van der Waals surface area (Å²) in [5.74, 6) is -0.0194. The third kappa shape index (κ3) is 3.21. The van der Waals surface area contributed by atoms with Crippen LogP contribution in [0, 0.1) is 19.8 Å². The number of pyridine rings is 1. The predicted molar refractivity (Wildman–Crippen MR) is 106 cm³/mol. The van der Waals surface area contributed by atoms with E-state index in [9.17, 15) is 19.5 Å². The van der Waals surface area contributed by atoms with Gasteiger partial charge >= 0.3 is 0 Å². The van der Waals surface area contributed by atoms with Gasteiger partial charge in [-0.15, -0.1) is 0 Å². The number of aliphatic hydroxyl groups is 1. The van der Waals surface area contributed by atoms with Crippen molar-refractivity contribution < 1.29 is 14.7 Å². The van der Waals surface area contributed by atoms with E-state index in [2.05, 4.69) is 5.10 Å². The minimum Gasteiger partial charge on any atom is -0.394 e. The van der Waals surface area contributed by atoms with Crippen LogP contribution in [0.3, 0.4) is 0 Å². The number of rotatable bonds is 4. The normalized spacial score (nSPS) is 23.0. The lowest BCUT2D eigenvalue weighted by Gasteiger charge is -2.46. The molecule has 2 aromatic rings. The molecule has 29 heavy (non-hydrogen) atoms. The Labute approximate surface area is 168 Å². The molecule has 4 rings (SSSR count). The van der Waals surface area contributed by atoms with E-state index in [0.717, 1.165) is 12.1 Å². The smallest absolute Gasteiger partial charge is 0.251 e. The summed E-state index contributed by atoms with van der Waals surface area (Å²) in [5, 5.41) is 14.3. The third-order valence-electron chi connectivity index (χ3n) is 6.36. The number of Topliss-reactive ketones (excluding diaryl/α,β-unsaturated/α-hetero) is 1.